The van der Waals surface area contributed by atoms with Crippen LogP contribution in [0.5, 0.6) is 0 Å². The Labute approximate surface area is 102 Å². The molecule has 17 heavy (non-hydrogen) atoms. The maximum absolute atomic E-state index is 11.5. The molecule has 0 saturated heterocycles. The van der Waals surface area contributed by atoms with Crippen molar-refractivity contribution < 1.29 is 14.1 Å². The molecule has 0 radical (unpaired) electrons. The Kier molecular flexibility index (Phi) is 4.81. The molecule has 0 aliphatic rings. The summed E-state index contributed by atoms with van der Waals surface area (Å²) in [5, 5.41) is 3.86. The molecule has 1 heterocycles. The molecule has 0 bridgehead atoms. The van der Waals surface area contributed by atoms with Gasteiger partial charge in [0, 0.05) is 6.61 Å². The first-order chi connectivity index (χ1) is 7.97. The van der Waals surface area contributed by atoms with E-state index in [-0.39, 0.29) is 23.7 Å². The van der Waals surface area contributed by atoms with Crippen LogP contribution in [-0.2, 0) is 9.53 Å². The van der Waals surface area contributed by atoms with E-state index in [2.05, 4.69) is 10.1 Å². The highest BCUT2D eigenvalue weighted by atomic mass is 16.5. The third-order valence-electron chi connectivity index (χ3n) is 2.61. The number of Topliss-reactive ketones (excluding diaryl/α,β-unsaturated/α-hetero) is 1. The van der Waals surface area contributed by atoms with Crippen LogP contribution in [0.15, 0.2) is 4.52 Å². The number of hydrogen-bond acceptors (Lipinski definition) is 5. The number of aromatic nitrogens is 2. The standard InChI is InChI=1S/C12H20N2O3/c1-6-16-9(5)11-13-12(17-14-11)10(7(2)3)8(4)15/h7,9-10H,6H2,1-5H3. The maximum Gasteiger partial charge on any atom is 0.237 e. The van der Waals surface area contributed by atoms with Crippen LogP contribution in [0.3, 0.4) is 0 Å². The van der Waals surface area contributed by atoms with Gasteiger partial charge in [-0.1, -0.05) is 19.0 Å². The van der Waals surface area contributed by atoms with E-state index < -0.39 is 0 Å². The summed E-state index contributed by atoms with van der Waals surface area (Å²) >= 11 is 0. The van der Waals surface area contributed by atoms with Gasteiger partial charge in [-0.25, -0.2) is 0 Å². The van der Waals surface area contributed by atoms with E-state index in [1.54, 1.807) is 6.92 Å². The van der Waals surface area contributed by atoms with Crippen molar-refractivity contribution in [3.05, 3.63) is 11.7 Å². The minimum Gasteiger partial charge on any atom is -0.371 e. The molecule has 1 aromatic rings. The predicted molar refractivity (Wildman–Crippen MR) is 62.6 cm³/mol. The zero-order valence-corrected chi connectivity index (χ0v) is 11.1. The first-order valence-corrected chi connectivity index (χ1v) is 5.92. The Morgan fingerprint density at radius 3 is 2.53 bits per heavy atom. The molecule has 0 saturated carbocycles. The number of ketones is 1. The Morgan fingerprint density at radius 2 is 2.06 bits per heavy atom. The Morgan fingerprint density at radius 1 is 1.41 bits per heavy atom. The minimum absolute atomic E-state index is 0.0410. The molecule has 5 nitrogen and oxygen atoms in total. The summed E-state index contributed by atoms with van der Waals surface area (Å²) in [6.45, 7) is 9.82. The molecule has 1 rings (SSSR count). The van der Waals surface area contributed by atoms with E-state index in [1.165, 1.54) is 0 Å². The summed E-state index contributed by atoms with van der Waals surface area (Å²) < 4.78 is 10.5. The maximum atomic E-state index is 11.5. The summed E-state index contributed by atoms with van der Waals surface area (Å²) in [4.78, 5) is 15.8. The van der Waals surface area contributed by atoms with Crippen molar-refractivity contribution >= 4 is 5.78 Å². The average Bonchev–Trinajstić information content (AvgIpc) is 2.66. The van der Waals surface area contributed by atoms with Crippen LogP contribution in [0.25, 0.3) is 0 Å². The van der Waals surface area contributed by atoms with Gasteiger partial charge in [-0.2, -0.15) is 4.98 Å². The molecule has 1 aromatic heterocycles. The summed E-state index contributed by atoms with van der Waals surface area (Å²) in [5.74, 6) is 0.732. The van der Waals surface area contributed by atoms with Crippen LogP contribution in [0.4, 0.5) is 0 Å². The fourth-order valence-corrected chi connectivity index (χ4v) is 1.79. The molecule has 0 aliphatic heterocycles. The van der Waals surface area contributed by atoms with Crippen molar-refractivity contribution in [3.8, 4) is 0 Å². The van der Waals surface area contributed by atoms with Crippen molar-refractivity contribution in [2.24, 2.45) is 5.92 Å². The molecule has 0 N–H and O–H groups in total. The van der Waals surface area contributed by atoms with E-state index in [0.717, 1.165) is 0 Å². The number of hydrogen-bond donors (Lipinski definition) is 0. The van der Waals surface area contributed by atoms with Crippen LogP contribution >= 0.6 is 0 Å². The lowest BCUT2D eigenvalue weighted by atomic mass is 9.92. The second kappa shape index (κ2) is 5.91. The zero-order chi connectivity index (χ0) is 13.0. The molecular formula is C12H20N2O3. The SMILES string of the molecule is CCOC(C)c1noc(C(C(C)=O)C(C)C)n1. The molecule has 2 atom stereocenters. The topological polar surface area (TPSA) is 65.2 Å². The Hall–Kier alpha value is -1.23. The first kappa shape index (κ1) is 13.8. The van der Waals surface area contributed by atoms with Gasteiger partial charge in [0.2, 0.25) is 5.89 Å². The molecule has 0 aliphatic carbocycles. The molecule has 2 unspecified atom stereocenters. The number of rotatable bonds is 6. The van der Waals surface area contributed by atoms with Crippen molar-refractivity contribution in [2.45, 2.75) is 46.6 Å². The van der Waals surface area contributed by atoms with E-state index >= 15 is 0 Å². The summed E-state index contributed by atoms with van der Waals surface area (Å²) in [7, 11) is 0. The predicted octanol–water partition coefficient (Wildman–Crippen LogP) is 2.50. The van der Waals surface area contributed by atoms with E-state index in [9.17, 15) is 4.79 Å². The fraction of sp³-hybridized carbons (Fsp3) is 0.750. The van der Waals surface area contributed by atoms with Gasteiger partial charge >= 0.3 is 0 Å². The highest BCUT2D eigenvalue weighted by molar-refractivity contribution is 5.82. The van der Waals surface area contributed by atoms with Crippen molar-refractivity contribution in [1.29, 1.82) is 0 Å². The van der Waals surface area contributed by atoms with Crippen molar-refractivity contribution in [2.75, 3.05) is 6.61 Å². The van der Waals surface area contributed by atoms with Gasteiger partial charge in [0.15, 0.2) is 5.82 Å². The van der Waals surface area contributed by atoms with E-state index in [0.29, 0.717) is 18.3 Å². The van der Waals surface area contributed by atoms with Gasteiger partial charge in [-0.05, 0) is 26.7 Å². The normalized spacial score (nSPS) is 14.9. The highest BCUT2D eigenvalue weighted by Gasteiger charge is 2.27. The molecule has 5 heteroatoms. The largest absolute Gasteiger partial charge is 0.371 e. The van der Waals surface area contributed by atoms with Gasteiger partial charge in [0.1, 0.15) is 11.9 Å². The Balaban J connectivity index is 2.89. The van der Waals surface area contributed by atoms with Crippen LogP contribution in [0.1, 0.15) is 58.4 Å². The fourth-order valence-electron chi connectivity index (χ4n) is 1.79. The van der Waals surface area contributed by atoms with Gasteiger partial charge in [-0.15, -0.1) is 0 Å². The van der Waals surface area contributed by atoms with Crippen LogP contribution < -0.4 is 0 Å². The van der Waals surface area contributed by atoms with Gasteiger partial charge < -0.3 is 9.26 Å². The molecule has 0 spiro atoms. The smallest absolute Gasteiger partial charge is 0.237 e. The van der Waals surface area contributed by atoms with E-state index in [4.69, 9.17) is 9.26 Å². The van der Waals surface area contributed by atoms with Crippen LogP contribution in [0.2, 0.25) is 0 Å². The summed E-state index contributed by atoms with van der Waals surface area (Å²) in [6.07, 6.45) is -0.211. The quantitative estimate of drug-likeness (QED) is 0.764. The zero-order valence-electron chi connectivity index (χ0n) is 11.1. The van der Waals surface area contributed by atoms with Crippen LogP contribution in [-0.4, -0.2) is 22.5 Å². The van der Waals surface area contributed by atoms with Crippen molar-refractivity contribution in [1.82, 2.24) is 10.1 Å². The lowest BCUT2D eigenvalue weighted by molar-refractivity contribution is -0.119. The second-order valence-electron chi connectivity index (χ2n) is 4.42. The molecule has 96 valence electrons. The summed E-state index contributed by atoms with van der Waals surface area (Å²) in [6, 6.07) is 0. The lowest BCUT2D eigenvalue weighted by Crippen LogP contribution is -2.15. The molecular weight excluding hydrogens is 220 g/mol. The molecule has 0 amide bonds. The Bertz CT molecular complexity index is 374. The monoisotopic (exact) mass is 240 g/mol. The number of carbonyl (C=O) groups is 1. The summed E-state index contributed by atoms with van der Waals surface area (Å²) in [5.41, 5.74) is 0. The minimum atomic E-state index is -0.329. The van der Waals surface area contributed by atoms with Crippen molar-refractivity contribution in [3.63, 3.8) is 0 Å². The van der Waals surface area contributed by atoms with E-state index in [1.807, 2.05) is 27.7 Å². The number of nitrogens with zero attached hydrogens (tertiary/aromatic N) is 2. The second-order valence-corrected chi connectivity index (χ2v) is 4.42. The number of carbonyl (C=O) groups excluding carboxylic acids is 1. The van der Waals surface area contributed by atoms with Gasteiger partial charge in [0.25, 0.3) is 0 Å². The first-order valence-electron chi connectivity index (χ1n) is 5.92. The van der Waals surface area contributed by atoms with Gasteiger partial charge in [-0.3, -0.25) is 4.79 Å². The third-order valence-corrected chi connectivity index (χ3v) is 2.61. The number of ether oxygens (including phenoxy) is 1. The molecule has 0 aromatic carbocycles. The lowest BCUT2D eigenvalue weighted by Gasteiger charge is -2.12. The van der Waals surface area contributed by atoms with Gasteiger partial charge in [0.05, 0.1) is 5.92 Å². The molecule has 0 fully saturated rings. The van der Waals surface area contributed by atoms with Crippen LogP contribution in [0, 0.1) is 5.92 Å². The average molecular weight is 240 g/mol. The third kappa shape index (κ3) is 3.36. The highest BCUT2D eigenvalue weighted by Crippen LogP contribution is 2.25.